The Hall–Kier alpha value is -1.19. The summed E-state index contributed by atoms with van der Waals surface area (Å²) in [6, 6.07) is 2.88. The van der Waals surface area contributed by atoms with Gasteiger partial charge in [-0.15, -0.1) is 12.4 Å². The Kier molecular flexibility index (Phi) is 7.62. The first-order chi connectivity index (χ1) is 10.8. The minimum absolute atomic E-state index is 0. The van der Waals surface area contributed by atoms with Crippen LogP contribution in [0.5, 0.6) is 0 Å². The van der Waals surface area contributed by atoms with Crippen molar-refractivity contribution in [1.82, 2.24) is 5.32 Å². The van der Waals surface area contributed by atoms with Gasteiger partial charge < -0.3 is 15.4 Å². The van der Waals surface area contributed by atoms with Gasteiger partial charge in [0.2, 0.25) is 15.9 Å². The third-order valence-corrected chi connectivity index (χ3v) is 4.82. The van der Waals surface area contributed by atoms with E-state index in [-0.39, 0.29) is 35.9 Å². The van der Waals surface area contributed by atoms with Crippen LogP contribution in [-0.4, -0.2) is 40.1 Å². The molecule has 1 saturated heterocycles. The van der Waals surface area contributed by atoms with E-state index in [9.17, 15) is 13.2 Å². The molecule has 24 heavy (non-hydrogen) atoms. The molecular formula is C15H24ClN3O4S. The molecule has 1 fully saturated rings. The molecule has 1 amide bonds. The summed E-state index contributed by atoms with van der Waals surface area (Å²) in [5.41, 5.74) is 2.02. The van der Waals surface area contributed by atoms with Crippen LogP contribution in [0.1, 0.15) is 24.0 Å². The van der Waals surface area contributed by atoms with Gasteiger partial charge >= 0.3 is 0 Å². The van der Waals surface area contributed by atoms with Gasteiger partial charge in [0.05, 0.1) is 17.5 Å². The minimum atomic E-state index is -3.81. The summed E-state index contributed by atoms with van der Waals surface area (Å²) in [4.78, 5) is 12.0. The molecule has 1 aliphatic heterocycles. The van der Waals surface area contributed by atoms with Crippen molar-refractivity contribution in [3.05, 3.63) is 23.3 Å². The molecular weight excluding hydrogens is 354 g/mol. The summed E-state index contributed by atoms with van der Waals surface area (Å²) < 4.78 is 28.5. The number of anilines is 1. The van der Waals surface area contributed by atoms with Gasteiger partial charge in [0.1, 0.15) is 0 Å². The van der Waals surface area contributed by atoms with Crippen molar-refractivity contribution in [2.24, 2.45) is 5.14 Å². The van der Waals surface area contributed by atoms with Crippen molar-refractivity contribution in [3.63, 3.8) is 0 Å². The fraction of sp³-hybridized carbons (Fsp3) is 0.533. The molecule has 0 radical (unpaired) electrons. The topological polar surface area (TPSA) is 111 Å². The lowest BCUT2D eigenvalue weighted by Gasteiger charge is -2.14. The van der Waals surface area contributed by atoms with Crippen LogP contribution in [0.2, 0.25) is 0 Å². The third kappa shape index (κ3) is 5.71. The molecule has 1 atom stereocenters. The Morgan fingerprint density at radius 3 is 2.67 bits per heavy atom. The highest BCUT2D eigenvalue weighted by Crippen LogP contribution is 2.23. The molecule has 1 aromatic carbocycles. The zero-order chi connectivity index (χ0) is 17.0. The number of ether oxygens (including phenoxy) is 1. The van der Waals surface area contributed by atoms with E-state index in [1.54, 1.807) is 6.92 Å². The number of rotatable bonds is 6. The lowest BCUT2D eigenvalue weighted by molar-refractivity contribution is -0.115. The first-order valence-corrected chi connectivity index (χ1v) is 9.08. The predicted molar refractivity (Wildman–Crippen MR) is 95.0 cm³/mol. The van der Waals surface area contributed by atoms with Crippen LogP contribution in [-0.2, 0) is 19.6 Å². The number of benzene rings is 1. The maximum Gasteiger partial charge on any atom is 0.238 e. The number of nitrogens with one attached hydrogen (secondary N) is 2. The van der Waals surface area contributed by atoms with E-state index in [2.05, 4.69) is 10.6 Å². The van der Waals surface area contributed by atoms with Crippen LogP contribution < -0.4 is 15.8 Å². The number of hydrogen-bond donors (Lipinski definition) is 3. The van der Waals surface area contributed by atoms with E-state index in [0.29, 0.717) is 12.2 Å². The van der Waals surface area contributed by atoms with Crippen LogP contribution in [0, 0.1) is 13.8 Å². The van der Waals surface area contributed by atoms with Gasteiger partial charge in [0.15, 0.2) is 0 Å². The summed E-state index contributed by atoms with van der Waals surface area (Å²) in [6.07, 6.45) is 2.22. The van der Waals surface area contributed by atoms with E-state index in [4.69, 9.17) is 9.88 Å². The zero-order valence-corrected chi connectivity index (χ0v) is 15.4. The quantitative estimate of drug-likeness (QED) is 0.687. The number of hydrogen-bond acceptors (Lipinski definition) is 5. The number of primary sulfonamides is 1. The fourth-order valence-electron chi connectivity index (χ4n) is 2.47. The minimum Gasteiger partial charge on any atom is -0.377 e. The monoisotopic (exact) mass is 377 g/mol. The van der Waals surface area contributed by atoms with E-state index in [1.165, 1.54) is 12.1 Å². The van der Waals surface area contributed by atoms with Gasteiger partial charge in [-0.1, -0.05) is 0 Å². The Morgan fingerprint density at radius 2 is 2.08 bits per heavy atom. The molecule has 0 saturated carbocycles. The number of carbonyl (C=O) groups excluding carboxylic acids is 1. The van der Waals surface area contributed by atoms with Crippen LogP contribution in [0.4, 0.5) is 5.69 Å². The second kappa shape index (κ2) is 8.77. The van der Waals surface area contributed by atoms with E-state index < -0.39 is 10.0 Å². The highest BCUT2D eigenvalue weighted by molar-refractivity contribution is 7.89. The highest BCUT2D eigenvalue weighted by atomic mass is 35.5. The molecule has 0 aliphatic carbocycles. The van der Waals surface area contributed by atoms with Crippen molar-refractivity contribution in [2.45, 2.75) is 37.7 Å². The van der Waals surface area contributed by atoms with Crippen molar-refractivity contribution in [1.29, 1.82) is 0 Å². The largest absolute Gasteiger partial charge is 0.377 e. The highest BCUT2D eigenvalue weighted by Gasteiger charge is 2.16. The normalized spacial score (nSPS) is 17.4. The lowest BCUT2D eigenvalue weighted by atomic mass is 10.1. The Balaban J connectivity index is 0.00000288. The smallest absolute Gasteiger partial charge is 0.238 e. The maximum atomic E-state index is 12.0. The summed E-state index contributed by atoms with van der Waals surface area (Å²) in [7, 11) is -3.81. The number of carbonyl (C=O) groups is 1. The first-order valence-electron chi connectivity index (χ1n) is 7.53. The second-order valence-corrected chi connectivity index (χ2v) is 7.33. The van der Waals surface area contributed by atoms with Gasteiger partial charge in [-0.25, -0.2) is 13.6 Å². The number of aryl methyl sites for hydroxylation is 1. The average Bonchev–Trinajstić information content (AvgIpc) is 2.95. The molecule has 1 aliphatic rings. The molecule has 0 spiro atoms. The van der Waals surface area contributed by atoms with E-state index in [0.717, 1.165) is 30.6 Å². The van der Waals surface area contributed by atoms with Gasteiger partial charge in [0, 0.05) is 18.8 Å². The molecule has 9 heteroatoms. The van der Waals surface area contributed by atoms with E-state index >= 15 is 0 Å². The van der Waals surface area contributed by atoms with Crippen LogP contribution in [0.25, 0.3) is 0 Å². The van der Waals surface area contributed by atoms with Crippen LogP contribution in [0.15, 0.2) is 17.0 Å². The summed E-state index contributed by atoms with van der Waals surface area (Å²) >= 11 is 0. The third-order valence-electron chi connectivity index (χ3n) is 3.93. The van der Waals surface area contributed by atoms with Gasteiger partial charge in [-0.3, -0.25) is 4.79 Å². The van der Waals surface area contributed by atoms with Crippen molar-refractivity contribution in [2.75, 3.05) is 25.0 Å². The summed E-state index contributed by atoms with van der Waals surface area (Å²) in [6.45, 7) is 5.13. The zero-order valence-electron chi connectivity index (χ0n) is 13.8. The van der Waals surface area contributed by atoms with Crippen molar-refractivity contribution in [3.8, 4) is 0 Å². The van der Waals surface area contributed by atoms with E-state index in [1.807, 2.05) is 6.92 Å². The lowest BCUT2D eigenvalue weighted by Crippen LogP contribution is -2.33. The number of amides is 1. The number of halogens is 1. The first kappa shape index (κ1) is 20.9. The Bertz CT molecular complexity index is 688. The standard InChI is InChI=1S/C15H23N3O4S.ClH/c1-10-6-13(23(16,20)21)7-14(11(10)2)18-15(19)9-17-8-12-4-3-5-22-12;/h6-7,12,17H,3-5,8-9H2,1-2H3,(H,18,19)(H2,16,20,21);1H. The summed E-state index contributed by atoms with van der Waals surface area (Å²) in [5, 5.41) is 10.9. The molecule has 1 unspecified atom stereocenters. The van der Waals surface area contributed by atoms with Crippen LogP contribution >= 0.6 is 12.4 Å². The van der Waals surface area contributed by atoms with Gasteiger partial charge in [-0.05, 0) is 49.9 Å². The molecule has 136 valence electrons. The van der Waals surface area contributed by atoms with Crippen molar-refractivity contribution >= 4 is 34.0 Å². The van der Waals surface area contributed by atoms with Crippen molar-refractivity contribution < 1.29 is 17.9 Å². The molecule has 1 aromatic rings. The second-order valence-electron chi connectivity index (χ2n) is 5.77. The fourth-order valence-corrected chi connectivity index (χ4v) is 3.09. The Morgan fingerprint density at radius 1 is 1.38 bits per heavy atom. The SMILES string of the molecule is Cc1cc(S(N)(=O)=O)cc(NC(=O)CNCC2CCCO2)c1C.Cl. The average molecular weight is 378 g/mol. The number of sulfonamides is 1. The molecule has 1 heterocycles. The van der Waals surface area contributed by atoms with Crippen LogP contribution in [0.3, 0.4) is 0 Å². The molecule has 0 bridgehead atoms. The molecule has 0 aromatic heterocycles. The summed E-state index contributed by atoms with van der Waals surface area (Å²) in [5.74, 6) is -0.239. The molecule has 7 nitrogen and oxygen atoms in total. The maximum absolute atomic E-state index is 12.0. The van der Waals surface area contributed by atoms with Gasteiger partial charge in [-0.2, -0.15) is 0 Å². The molecule has 2 rings (SSSR count). The number of nitrogens with two attached hydrogens (primary N) is 1. The van der Waals surface area contributed by atoms with Gasteiger partial charge in [0.25, 0.3) is 0 Å². The molecule has 4 N–H and O–H groups in total. The predicted octanol–water partition coefficient (Wildman–Crippen LogP) is 1.08. The Labute approximate surface area is 148 Å².